The minimum Gasteiger partial charge on any atom is -0.394 e. The van der Waals surface area contributed by atoms with Crippen LogP contribution in [0, 0.1) is 0 Å². The van der Waals surface area contributed by atoms with Gasteiger partial charge in [0.25, 0.3) is 0 Å². The number of likely N-dealkylation sites (N-methyl/N-ethyl adjacent to an activating group) is 1. The first-order valence-corrected chi connectivity index (χ1v) is 6.20. The third-order valence-corrected chi connectivity index (χ3v) is 3.60. The van der Waals surface area contributed by atoms with Crippen molar-refractivity contribution >= 4 is 0 Å². The molecular weight excluding hydrogens is 214 g/mol. The lowest BCUT2D eigenvalue weighted by atomic mass is 9.90. The number of pyridine rings is 1. The molecule has 2 N–H and O–H groups in total. The zero-order chi connectivity index (χ0) is 12.1. The van der Waals surface area contributed by atoms with Crippen molar-refractivity contribution in [1.82, 2.24) is 15.2 Å². The zero-order valence-electron chi connectivity index (χ0n) is 10.4. The van der Waals surface area contributed by atoms with E-state index in [2.05, 4.69) is 21.3 Å². The fraction of sp³-hybridized carbons (Fsp3) is 0.615. The van der Waals surface area contributed by atoms with E-state index in [4.69, 9.17) is 0 Å². The second-order valence-corrected chi connectivity index (χ2v) is 4.82. The minimum absolute atomic E-state index is 0.132. The van der Waals surface area contributed by atoms with Crippen LogP contribution in [-0.4, -0.2) is 47.3 Å². The topological polar surface area (TPSA) is 48.4 Å². The van der Waals surface area contributed by atoms with Crippen molar-refractivity contribution in [3.8, 4) is 0 Å². The SMILES string of the molecule is CNC1(CO)CCCN(Cc2ccccn2)C1. The van der Waals surface area contributed by atoms with Gasteiger partial charge in [0.05, 0.1) is 17.8 Å². The Bertz CT molecular complexity index is 338. The van der Waals surface area contributed by atoms with E-state index in [9.17, 15) is 5.11 Å². The fourth-order valence-electron chi connectivity index (χ4n) is 2.50. The van der Waals surface area contributed by atoms with Crippen molar-refractivity contribution in [2.24, 2.45) is 0 Å². The van der Waals surface area contributed by atoms with E-state index in [0.717, 1.165) is 38.2 Å². The maximum atomic E-state index is 9.52. The van der Waals surface area contributed by atoms with Crippen molar-refractivity contribution in [2.75, 3.05) is 26.7 Å². The molecule has 94 valence electrons. The van der Waals surface area contributed by atoms with Gasteiger partial charge in [-0.2, -0.15) is 0 Å². The third-order valence-electron chi connectivity index (χ3n) is 3.60. The number of likely N-dealkylation sites (tertiary alicyclic amines) is 1. The molecule has 0 bridgehead atoms. The lowest BCUT2D eigenvalue weighted by Crippen LogP contribution is -2.57. The standard InChI is InChI=1S/C13H21N3O/c1-14-13(11-17)6-4-8-16(10-13)9-12-5-2-3-7-15-12/h2-3,5,7,14,17H,4,6,8-11H2,1H3. The highest BCUT2D eigenvalue weighted by Gasteiger charge is 2.33. The fourth-order valence-corrected chi connectivity index (χ4v) is 2.50. The molecule has 1 aliphatic rings. The molecule has 1 aliphatic heterocycles. The molecule has 4 heteroatoms. The molecule has 4 nitrogen and oxygen atoms in total. The molecule has 0 amide bonds. The second kappa shape index (κ2) is 5.58. The van der Waals surface area contributed by atoms with Crippen LogP contribution in [0.2, 0.25) is 0 Å². The largest absolute Gasteiger partial charge is 0.394 e. The van der Waals surface area contributed by atoms with Gasteiger partial charge >= 0.3 is 0 Å². The number of aliphatic hydroxyl groups is 1. The summed E-state index contributed by atoms with van der Waals surface area (Å²) in [6.45, 7) is 3.03. The average Bonchev–Trinajstić information content (AvgIpc) is 2.40. The summed E-state index contributed by atoms with van der Waals surface area (Å²) in [6, 6.07) is 6.00. The first kappa shape index (κ1) is 12.5. The molecule has 0 spiro atoms. The van der Waals surface area contributed by atoms with Crippen molar-refractivity contribution in [3.05, 3.63) is 30.1 Å². The summed E-state index contributed by atoms with van der Waals surface area (Å²) in [5.74, 6) is 0. The highest BCUT2D eigenvalue weighted by molar-refractivity contribution is 5.04. The van der Waals surface area contributed by atoms with Crippen LogP contribution in [0.5, 0.6) is 0 Å². The Morgan fingerprint density at radius 1 is 1.53 bits per heavy atom. The van der Waals surface area contributed by atoms with Crippen LogP contribution in [-0.2, 0) is 6.54 Å². The predicted octanol–water partition coefficient (Wildman–Crippen LogP) is 0.628. The lowest BCUT2D eigenvalue weighted by Gasteiger charge is -2.41. The number of aliphatic hydroxyl groups excluding tert-OH is 1. The summed E-state index contributed by atoms with van der Waals surface area (Å²) in [5, 5.41) is 12.8. The number of nitrogens with one attached hydrogen (secondary N) is 1. The van der Waals surface area contributed by atoms with Gasteiger partial charge < -0.3 is 10.4 Å². The molecule has 0 radical (unpaired) electrons. The predicted molar refractivity (Wildman–Crippen MR) is 67.6 cm³/mol. The molecule has 0 aromatic carbocycles. The molecule has 1 saturated heterocycles. The zero-order valence-corrected chi connectivity index (χ0v) is 10.4. The molecule has 1 fully saturated rings. The Kier molecular flexibility index (Phi) is 4.10. The third kappa shape index (κ3) is 3.03. The molecule has 1 aromatic rings. The number of nitrogens with zero attached hydrogens (tertiary/aromatic N) is 2. The van der Waals surface area contributed by atoms with E-state index >= 15 is 0 Å². The molecule has 17 heavy (non-hydrogen) atoms. The van der Waals surface area contributed by atoms with Gasteiger partial charge in [0.1, 0.15) is 0 Å². The monoisotopic (exact) mass is 235 g/mol. The number of piperidine rings is 1. The highest BCUT2D eigenvalue weighted by atomic mass is 16.3. The summed E-state index contributed by atoms with van der Waals surface area (Å²) in [5.41, 5.74) is 0.963. The number of aromatic nitrogens is 1. The van der Waals surface area contributed by atoms with E-state index in [-0.39, 0.29) is 12.1 Å². The summed E-state index contributed by atoms with van der Waals surface area (Å²) in [6.07, 6.45) is 3.99. The maximum absolute atomic E-state index is 9.52. The van der Waals surface area contributed by atoms with E-state index in [0.29, 0.717) is 0 Å². The van der Waals surface area contributed by atoms with Gasteiger partial charge in [-0.1, -0.05) is 6.07 Å². The van der Waals surface area contributed by atoms with Gasteiger partial charge in [-0.05, 0) is 38.6 Å². The van der Waals surface area contributed by atoms with Gasteiger partial charge in [-0.3, -0.25) is 9.88 Å². The number of hydrogen-bond donors (Lipinski definition) is 2. The quantitative estimate of drug-likeness (QED) is 0.803. The molecule has 1 atom stereocenters. The van der Waals surface area contributed by atoms with Gasteiger partial charge in [-0.25, -0.2) is 0 Å². The van der Waals surface area contributed by atoms with Gasteiger partial charge in [0.2, 0.25) is 0 Å². The maximum Gasteiger partial charge on any atom is 0.0625 e. The van der Waals surface area contributed by atoms with E-state index in [1.165, 1.54) is 0 Å². The smallest absolute Gasteiger partial charge is 0.0625 e. The molecule has 1 aromatic heterocycles. The molecule has 2 rings (SSSR count). The van der Waals surface area contributed by atoms with Gasteiger partial charge in [0.15, 0.2) is 0 Å². The average molecular weight is 235 g/mol. The number of hydrogen-bond acceptors (Lipinski definition) is 4. The van der Waals surface area contributed by atoms with Crippen LogP contribution in [0.15, 0.2) is 24.4 Å². The van der Waals surface area contributed by atoms with E-state index in [1.54, 1.807) is 0 Å². The second-order valence-electron chi connectivity index (χ2n) is 4.82. The Labute approximate surface area is 103 Å². The normalized spacial score (nSPS) is 26.0. The summed E-state index contributed by atoms with van der Waals surface area (Å²) < 4.78 is 0. The Balaban J connectivity index is 1.98. The van der Waals surface area contributed by atoms with Gasteiger partial charge in [-0.15, -0.1) is 0 Å². The van der Waals surface area contributed by atoms with Crippen molar-refractivity contribution in [2.45, 2.75) is 24.9 Å². The summed E-state index contributed by atoms with van der Waals surface area (Å²) >= 11 is 0. The van der Waals surface area contributed by atoms with E-state index in [1.807, 2.05) is 25.4 Å². The summed E-state index contributed by atoms with van der Waals surface area (Å²) in [7, 11) is 1.93. The minimum atomic E-state index is -0.132. The van der Waals surface area contributed by atoms with Crippen LogP contribution < -0.4 is 5.32 Å². The van der Waals surface area contributed by atoms with Crippen LogP contribution in [0.3, 0.4) is 0 Å². The summed E-state index contributed by atoms with van der Waals surface area (Å²) in [4.78, 5) is 6.71. The lowest BCUT2D eigenvalue weighted by molar-refractivity contribution is 0.0684. The van der Waals surface area contributed by atoms with Crippen LogP contribution >= 0.6 is 0 Å². The Hall–Kier alpha value is -0.970. The molecular formula is C13H21N3O. The molecule has 2 heterocycles. The number of rotatable bonds is 4. The van der Waals surface area contributed by atoms with Crippen LogP contribution in [0.25, 0.3) is 0 Å². The molecule has 1 unspecified atom stereocenters. The van der Waals surface area contributed by atoms with Gasteiger partial charge in [0, 0.05) is 19.3 Å². The van der Waals surface area contributed by atoms with Crippen molar-refractivity contribution < 1.29 is 5.11 Å². The van der Waals surface area contributed by atoms with Crippen molar-refractivity contribution in [3.63, 3.8) is 0 Å². The van der Waals surface area contributed by atoms with Crippen LogP contribution in [0.4, 0.5) is 0 Å². The Morgan fingerprint density at radius 2 is 2.41 bits per heavy atom. The Morgan fingerprint density at radius 3 is 3.06 bits per heavy atom. The first-order valence-electron chi connectivity index (χ1n) is 6.20. The molecule has 0 saturated carbocycles. The van der Waals surface area contributed by atoms with E-state index < -0.39 is 0 Å². The first-order chi connectivity index (χ1) is 8.28. The molecule has 0 aliphatic carbocycles. The van der Waals surface area contributed by atoms with Crippen molar-refractivity contribution in [1.29, 1.82) is 0 Å². The highest BCUT2D eigenvalue weighted by Crippen LogP contribution is 2.21. The van der Waals surface area contributed by atoms with Crippen LogP contribution in [0.1, 0.15) is 18.5 Å².